The first kappa shape index (κ1) is 23.1. The highest BCUT2D eigenvalue weighted by Crippen LogP contribution is 2.39. The number of carbonyl (C=O) groups excluding carboxylic acids is 1. The molecule has 0 saturated carbocycles. The molecule has 0 fully saturated rings. The SMILES string of the molecule is CC(C)(C)OC(=O)Nc1ccc(Cl)cc1C(O)c1cccc(OC(F)(F)F)c1Cl. The van der Waals surface area contributed by atoms with E-state index in [1.165, 1.54) is 30.3 Å². The number of aliphatic hydroxyl groups is 1. The Kier molecular flexibility index (Phi) is 6.93. The lowest BCUT2D eigenvalue weighted by atomic mass is 9.99. The molecule has 0 radical (unpaired) electrons. The molecule has 2 N–H and O–H groups in total. The van der Waals surface area contributed by atoms with E-state index in [1.807, 2.05) is 0 Å². The Morgan fingerprint density at radius 3 is 2.34 bits per heavy atom. The van der Waals surface area contributed by atoms with Crippen LogP contribution in [0.4, 0.5) is 23.7 Å². The fourth-order valence-corrected chi connectivity index (χ4v) is 2.85. The van der Waals surface area contributed by atoms with Gasteiger partial charge in [0.25, 0.3) is 0 Å². The lowest BCUT2D eigenvalue weighted by Gasteiger charge is -2.22. The molecular weight excluding hydrogens is 434 g/mol. The van der Waals surface area contributed by atoms with E-state index in [0.717, 1.165) is 6.07 Å². The van der Waals surface area contributed by atoms with Gasteiger partial charge in [0, 0.05) is 16.1 Å². The summed E-state index contributed by atoms with van der Waals surface area (Å²) >= 11 is 12.0. The zero-order chi connectivity index (χ0) is 22.0. The third-order valence-corrected chi connectivity index (χ3v) is 4.10. The Bertz CT molecular complexity index is 898. The number of amides is 1. The number of hydrogen-bond donors (Lipinski definition) is 2. The van der Waals surface area contributed by atoms with Gasteiger partial charge < -0.3 is 14.6 Å². The topological polar surface area (TPSA) is 67.8 Å². The third kappa shape index (κ3) is 6.69. The van der Waals surface area contributed by atoms with Gasteiger partial charge in [0.1, 0.15) is 17.5 Å². The molecule has 0 bridgehead atoms. The molecule has 1 atom stereocenters. The van der Waals surface area contributed by atoms with Gasteiger partial charge in [0.05, 0.1) is 10.7 Å². The van der Waals surface area contributed by atoms with Gasteiger partial charge in [-0.25, -0.2) is 4.79 Å². The lowest BCUT2D eigenvalue weighted by Crippen LogP contribution is -2.27. The molecule has 0 aliphatic rings. The van der Waals surface area contributed by atoms with Crippen molar-refractivity contribution in [3.8, 4) is 5.75 Å². The van der Waals surface area contributed by atoms with Gasteiger partial charge in [-0.2, -0.15) is 0 Å². The monoisotopic (exact) mass is 451 g/mol. The Balaban J connectivity index is 2.41. The molecule has 0 aromatic heterocycles. The number of rotatable bonds is 4. The first-order valence-corrected chi connectivity index (χ1v) is 9.04. The molecule has 0 spiro atoms. The molecule has 0 aliphatic carbocycles. The van der Waals surface area contributed by atoms with Crippen molar-refractivity contribution in [2.24, 2.45) is 0 Å². The minimum atomic E-state index is -4.95. The molecule has 2 rings (SSSR count). The lowest BCUT2D eigenvalue weighted by molar-refractivity contribution is -0.274. The summed E-state index contributed by atoms with van der Waals surface area (Å²) < 4.78 is 46.7. The van der Waals surface area contributed by atoms with Crippen molar-refractivity contribution >= 4 is 35.0 Å². The number of aliphatic hydroxyl groups excluding tert-OH is 1. The maximum absolute atomic E-state index is 12.6. The van der Waals surface area contributed by atoms with Gasteiger partial charge in [-0.3, -0.25) is 5.32 Å². The van der Waals surface area contributed by atoms with Crippen LogP contribution in [0.5, 0.6) is 5.75 Å². The quantitative estimate of drug-likeness (QED) is 0.570. The van der Waals surface area contributed by atoms with Crippen molar-refractivity contribution < 1.29 is 32.5 Å². The predicted molar refractivity (Wildman–Crippen MR) is 104 cm³/mol. The van der Waals surface area contributed by atoms with Crippen LogP contribution in [0.1, 0.15) is 38.0 Å². The number of halogens is 5. The van der Waals surface area contributed by atoms with Gasteiger partial charge in [0.15, 0.2) is 0 Å². The number of carbonyl (C=O) groups is 1. The van der Waals surface area contributed by atoms with Crippen LogP contribution in [0.25, 0.3) is 0 Å². The first-order chi connectivity index (χ1) is 13.3. The number of alkyl halides is 3. The van der Waals surface area contributed by atoms with Crippen LogP contribution in [0.2, 0.25) is 10.0 Å². The highest BCUT2D eigenvalue weighted by atomic mass is 35.5. The Labute approximate surface area is 175 Å². The second-order valence-electron chi connectivity index (χ2n) is 6.97. The molecule has 2 aromatic carbocycles. The van der Waals surface area contributed by atoms with Gasteiger partial charge in [0.2, 0.25) is 0 Å². The van der Waals surface area contributed by atoms with Crippen LogP contribution in [-0.2, 0) is 4.74 Å². The molecule has 10 heteroatoms. The van der Waals surface area contributed by atoms with Crippen molar-refractivity contribution in [3.05, 3.63) is 57.6 Å². The van der Waals surface area contributed by atoms with Gasteiger partial charge in [-0.1, -0.05) is 35.3 Å². The van der Waals surface area contributed by atoms with Crippen LogP contribution < -0.4 is 10.1 Å². The molecule has 2 aromatic rings. The van der Waals surface area contributed by atoms with Gasteiger partial charge in [-0.05, 0) is 45.0 Å². The van der Waals surface area contributed by atoms with E-state index < -0.39 is 34.9 Å². The molecule has 158 valence electrons. The van der Waals surface area contributed by atoms with Crippen LogP contribution in [0, 0.1) is 0 Å². The van der Waals surface area contributed by atoms with Crippen molar-refractivity contribution in [2.75, 3.05) is 5.32 Å². The second-order valence-corrected chi connectivity index (χ2v) is 7.78. The van der Waals surface area contributed by atoms with Gasteiger partial charge in [-0.15, -0.1) is 13.2 Å². The van der Waals surface area contributed by atoms with Crippen molar-refractivity contribution in [2.45, 2.75) is 38.8 Å². The van der Waals surface area contributed by atoms with Crippen molar-refractivity contribution in [1.29, 1.82) is 0 Å². The number of anilines is 1. The number of nitrogens with one attached hydrogen (secondary N) is 1. The molecule has 1 unspecified atom stereocenters. The van der Waals surface area contributed by atoms with Crippen molar-refractivity contribution in [3.63, 3.8) is 0 Å². The van der Waals surface area contributed by atoms with Gasteiger partial charge >= 0.3 is 12.5 Å². The van der Waals surface area contributed by atoms with Crippen molar-refractivity contribution in [1.82, 2.24) is 0 Å². The summed E-state index contributed by atoms with van der Waals surface area (Å²) in [5, 5.41) is 13.1. The van der Waals surface area contributed by atoms with Crippen LogP contribution >= 0.6 is 23.2 Å². The molecule has 0 aliphatic heterocycles. The molecular formula is C19H18Cl2F3NO4. The summed E-state index contributed by atoms with van der Waals surface area (Å²) in [7, 11) is 0. The van der Waals surface area contributed by atoms with E-state index >= 15 is 0 Å². The Hall–Kier alpha value is -2.16. The highest BCUT2D eigenvalue weighted by Gasteiger charge is 2.33. The highest BCUT2D eigenvalue weighted by molar-refractivity contribution is 6.33. The molecule has 0 heterocycles. The minimum Gasteiger partial charge on any atom is -0.444 e. The van der Waals surface area contributed by atoms with Crippen LogP contribution in [-0.4, -0.2) is 23.2 Å². The van der Waals surface area contributed by atoms with E-state index in [0.29, 0.717) is 0 Å². The minimum absolute atomic E-state index is 0.0667. The standard InChI is InChI=1S/C19H18Cl2F3NO4/c1-18(2,3)29-17(27)25-13-8-7-10(20)9-12(13)16(26)11-5-4-6-14(15(11)21)28-19(22,23)24/h4-9,16,26H,1-3H3,(H,25,27). The summed E-state index contributed by atoms with van der Waals surface area (Å²) in [6, 6.07) is 7.84. The molecule has 5 nitrogen and oxygen atoms in total. The van der Waals surface area contributed by atoms with Crippen LogP contribution in [0.3, 0.4) is 0 Å². The Morgan fingerprint density at radius 1 is 1.10 bits per heavy atom. The van der Waals surface area contributed by atoms with E-state index in [1.54, 1.807) is 20.8 Å². The van der Waals surface area contributed by atoms with E-state index in [-0.39, 0.29) is 21.8 Å². The van der Waals surface area contributed by atoms with E-state index in [4.69, 9.17) is 27.9 Å². The maximum atomic E-state index is 12.6. The maximum Gasteiger partial charge on any atom is 0.573 e. The average molecular weight is 452 g/mol. The average Bonchev–Trinajstić information content (AvgIpc) is 2.55. The summed E-state index contributed by atoms with van der Waals surface area (Å²) in [6.07, 6.45) is -7.25. The summed E-state index contributed by atoms with van der Waals surface area (Å²) in [5.41, 5.74) is -0.575. The fourth-order valence-electron chi connectivity index (χ4n) is 2.40. The second kappa shape index (κ2) is 8.69. The predicted octanol–water partition coefficient (Wildman–Crippen LogP) is 6.32. The smallest absolute Gasteiger partial charge is 0.444 e. The van der Waals surface area contributed by atoms with Crippen LogP contribution in [0.15, 0.2) is 36.4 Å². The van der Waals surface area contributed by atoms with E-state index in [2.05, 4.69) is 10.1 Å². The third-order valence-electron chi connectivity index (χ3n) is 3.46. The zero-order valence-corrected chi connectivity index (χ0v) is 17.1. The molecule has 1 amide bonds. The number of hydrogen-bond acceptors (Lipinski definition) is 4. The molecule has 0 saturated heterocycles. The summed E-state index contributed by atoms with van der Waals surface area (Å²) in [5.74, 6) is -0.667. The summed E-state index contributed by atoms with van der Waals surface area (Å²) in [6.45, 7) is 5.03. The Morgan fingerprint density at radius 2 is 1.76 bits per heavy atom. The molecule has 29 heavy (non-hydrogen) atoms. The fraction of sp³-hybridized carbons (Fsp3) is 0.316. The largest absolute Gasteiger partial charge is 0.573 e. The number of benzene rings is 2. The normalized spacial score (nSPS) is 13.0. The number of ether oxygens (including phenoxy) is 2. The summed E-state index contributed by atoms with van der Waals surface area (Å²) in [4.78, 5) is 12.1. The zero-order valence-electron chi connectivity index (χ0n) is 15.6. The first-order valence-electron chi connectivity index (χ1n) is 8.28. The van der Waals surface area contributed by atoms with E-state index in [9.17, 15) is 23.1 Å².